The summed E-state index contributed by atoms with van der Waals surface area (Å²) < 4.78 is 0. The summed E-state index contributed by atoms with van der Waals surface area (Å²) >= 11 is 0. The Bertz CT molecular complexity index is 1580. The van der Waals surface area contributed by atoms with Gasteiger partial charge in [-0.1, -0.05) is 18.2 Å². The van der Waals surface area contributed by atoms with Crippen molar-refractivity contribution in [1.82, 2.24) is 29.8 Å². The zero-order valence-electron chi connectivity index (χ0n) is 18.3. The van der Waals surface area contributed by atoms with E-state index in [0.717, 1.165) is 81.7 Å². The zero-order chi connectivity index (χ0) is 21.9. The van der Waals surface area contributed by atoms with E-state index in [9.17, 15) is 0 Å². The van der Waals surface area contributed by atoms with E-state index in [-0.39, 0.29) is 0 Å². The van der Waals surface area contributed by atoms with E-state index in [2.05, 4.69) is 73.2 Å². The maximum Gasteiger partial charge on any atom is 0.142 e. The van der Waals surface area contributed by atoms with Crippen molar-refractivity contribution >= 4 is 49.6 Å². The number of imidazole rings is 1. The predicted octanol–water partition coefficient (Wildman–Crippen LogP) is 4.56. The van der Waals surface area contributed by atoms with E-state index < -0.39 is 0 Å². The van der Waals surface area contributed by atoms with Crippen molar-refractivity contribution in [3.05, 3.63) is 60.9 Å². The molecule has 0 radical (unpaired) electrons. The number of piperazine rings is 1. The molecule has 7 nitrogen and oxygen atoms in total. The first-order chi connectivity index (χ1) is 16.3. The number of aromatic amines is 2. The van der Waals surface area contributed by atoms with Gasteiger partial charge in [0.1, 0.15) is 11.6 Å². The molecule has 1 aliphatic rings. The van der Waals surface area contributed by atoms with Crippen LogP contribution >= 0.6 is 0 Å². The molecule has 2 aromatic carbocycles. The van der Waals surface area contributed by atoms with Gasteiger partial charge < -0.3 is 19.8 Å². The first-order valence-corrected chi connectivity index (χ1v) is 11.3. The minimum atomic E-state index is 0.873. The molecule has 4 aromatic heterocycles. The number of anilines is 1. The van der Waals surface area contributed by atoms with Gasteiger partial charge >= 0.3 is 0 Å². The highest BCUT2D eigenvalue weighted by Crippen LogP contribution is 2.39. The molecule has 6 aromatic rings. The van der Waals surface area contributed by atoms with Gasteiger partial charge in [0.2, 0.25) is 0 Å². The number of fused-ring (bicyclic) bond motifs is 7. The Labute approximate surface area is 190 Å². The second-order valence-corrected chi connectivity index (χ2v) is 8.79. The SMILES string of the molecule is CN1CCN(c2[nH]c3ccccc3c2-c2nc3c4cccnc4c4ncccc4c3[nH]2)CC1. The minimum Gasteiger partial charge on any atom is -0.355 e. The van der Waals surface area contributed by atoms with Crippen molar-refractivity contribution < 1.29 is 0 Å². The Morgan fingerprint density at radius 1 is 0.727 bits per heavy atom. The first kappa shape index (κ1) is 18.6. The van der Waals surface area contributed by atoms with Crippen LogP contribution in [0.2, 0.25) is 0 Å². The number of likely N-dealkylation sites (N-methyl/N-ethyl adjacent to an activating group) is 1. The summed E-state index contributed by atoms with van der Waals surface area (Å²) in [5, 5.41) is 3.23. The quantitative estimate of drug-likeness (QED) is 0.392. The van der Waals surface area contributed by atoms with Crippen LogP contribution < -0.4 is 4.90 Å². The third-order valence-electron chi connectivity index (χ3n) is 6.81. The summed E-state index contributed by atoms with van der Waals surface area (Å²) in [4.78, 5) is 26.7. The van der Waals surface area contributed by atoms with E-state index in [1.54, 1.807) is 0 Å². The summed E-state index contributed by atoms with van der Waals surface area (Å²) in [6, 6.07) is 16.6. The number of hydrogen-bond acceptors (Lipinski definition) is 5. The third kappa shape index (κ3) is 2.75. The molecule has 1 fully saturated rings. The highest BCUT2D eigenvalue weighted by Gasteiger charge is 2.24. The maximum atomic E-state index is 5.17. The second-order valence-electron chi connectivity index (χ2n) is 8.79. The molecule has 162 valence electrons. The summed E-state index contributed by atoms with van der Waals surface area (Å²) in [5.74, 6) is 2.01. The van der Waals surface area contributed by atoms with Gasteiger partial charge in [0.25, 0.3) is 0 Å². The average molecular weight is 434 g/mol. The predicted molar refractivity (Wildman–Crippen MR) is 134 cm³/mol. The van der Waals surface area contributed by atoms with Crippen LogP contribution in [0.3, 0.4) is 0 Å². The van der Waals surface area contributed by atoms with Crippen molar-refractivity contribution in [2.24, 2.45) is 0 Å². The topological polar surface area (TPSA) is 76.7 Å². The fourth-order valence-electron chi connectivity index (χ4n) is 5.10. The summed E-state index contributed by atoms with van der Waals surface area (Å²) in [7, 11) is 2.18. The molecule has 0 saturated carbocycles. The molecule has 1 aliphatic heterocycles. The van der Waals surface area contributed by atoms with E-state index in [1.807, 2.05) is 24.5 Å². The minimum absolute atomic E-state index is 0.873. The van der Waals surface area contributed by atoms with Gasteiger partial charge in [0.15, 0.2) is 0 Å². The molecule has 33 heavy (non-hydrogen) atoms. The zero-order valence-corrected chi connectivity index (χ0v) is 18.3. The first-order valence-electron chi connectivity index (χ1n) is 11.3. The largest absolute Gasteiger partial charge is 0.355 e. The van der Waals surface area contributed by atoms with Crippen molar-refractivity contribution in [3.63, 3.8) is 0 Å². The van der Waals surface area contributed by atoms with Crippen LogP contribution in [0.4, 0.5) is 5.82 Å². The number of para-hydroxylation sites is 1. The molecule has 0 aliphatic carbocycles. The fourth-order valence-corrected chi connectivity index (χ4v) is 5.10. The number of hydrogen-bond donors (Lipinski definition) is 2. The normalized spacial score (nSPS) is 15.4. The van der Waals surface area contributed by atoms with E-state index in [4.69, 9.17) is 4.98 Å². The Morgan fingerprint density at radius 3 is 2.24 bits per heavy atom. The molecule has 7 rings (SSSR count). The van der Waals surface area contributed by atoms with Crippen LogP contribution in [0.1, 0.15) is 0 Å². The standard InChI is InChI=1S/C26H23N7/c1-32-12-14-33(15-13-32)26-20(16-6-2-3-9-19(16)29-26)25-30-23-17-7-4-10-27-21(17)22-18(24(23)31-25)8-5-11-28-22/h2-11,29H,12-15H2,1H3,(H,30,31). The lowest BCUT2D eigenvalue weighted by Crippen LogP contribution is -2.44. The van der Waals surface area contributed by atoms with Gasteiger partial charge in [-0.25, -0.2) is 4.98 Å². The third-order valence-corrected chi connectivity index (χ3v) is 6.81. The second kappa shape index (κ2) is 7.02. The fraction of sp³-hybridized carbons (Fsp3) is 0.192. The molecule has 0 unspecified atom stereocenters. The van der Waals surface area contributed by atoms with Gasteiger partial charge in [0.05, 0.1) is 27.6 Å². The number of benzene rings is 2. The Kier molecular flexibility index (Phi) is 3.95. The van der Waals surface area contributed by atoms with Gasteiger partial charge in [-0.2, -0.15) is 0 Å². The molecule has 2 N–H and O–H groups in total. The molecular formula is C26H23N7. The van der Waals surface area contributed by atoms with E-state index in [1.165, 1.54) is 5.39 Å². The lowest BCUT2D eigenvalue weighted by atomic mass is 10.1. The molecule has 7 heteroatoms. The van der Waals surface area contributed by atoms with Crippen LogP contribution in [0.5, 0.6) is 0 Å². The molecule has 1 saturated heterocycles. The lowest BCUT2D eigenvalue weighted by Gasteiger charge is -2.33. The van der Waals surface area contributed by atoms with Gasteiger partial charge in [-0.3, -0.25) is 9.97 Å². The molecule has 0 amide bonds. The maximum absolute atomic E-state index is 5.17. The summed E-state index contributed by atoms with van der Waals surface area (Å²) in [6.45, 7) is 4.05. The molecular weight excluding hydrogens is 410 g/mol. The van der Waals surface area contributed by atoms with Gasteiger partial charge in [-0.05, 0) is 37.4 Å². The van der Waals surface area contributed by atoms with Gasteiger partial charge in [0, 0.05) is 60.2 Å². The van der Waals surface area contributed by atoms with Crippen LogP contribution in [-0.2, 0) is 0 Å². The van der Waals surface area contributed by atoms with Crippen LogP contribution in [0.25, 0.3) is 55.1 Å². The molecule has 0 atom stereocenters. The Hall–Kier alpha value is -3.97. The Morgan fingerprint density at radius 2 is 1.42 bits per heavy atom. The van der Waals surface area contributed by atoms with Crippen LogP contribution in [-0.4, -0.2) is 63.0 Å². The van der Waals surface area contributed by atoms with Crippen molar-refractivity contribution in [3.8, 4) is 11.4 Å². The number of rotatable bonds is 2. The number of pyridine rings is 2. The summed E-state index contributed by atoms with van der Waals surface area (Å²) in [6.07, 6.45) is 3.64. The van der Waals surface area contributed by atoms with E-state index >= 15 is 0 Å². The Balaban J connectivity index is 1.54. The molecule has 0 spiro atoms. The van der Waals surface area contributed by atoms with Crippen LogP contribution in [0, 0.1) is 0 Å². The van der Waals surface area contributed by atoms with Crippen molar-refractivity contribution in [1.29, 1.82) is 0 Å². The van der Waals surface area contributed by atoms with E-state index in [0.29, 0.717) is 0 Å². The molecule has 5 heterocycles. The highest BCUT2D eigenvalue weighted by atomic mass is 15.3. The smallest absolute Gasteiger partial charge is 0.142 e. The lowest BCUT2D eigenvalue weighted by molar-refractivity contribution is 0.312. The van der Waals surface area contributed by atoms with Crippen molar-refractivity contribution in [2.75, 3.05) is 38.1 Å². The number of nitrogens with zero attached hydrogens (tertiary/aromatic N) is 5. The highest BCUT2D eigenvalue weighted by molar-refractivity contribution is 6.21. The van der Waals surface area contributed by atoms with Gasteiger partial charge in [-0.15, -0.1) is 0 Å². The summed E-state index contributed by atoms with van der Waals surface area (Å²) in [5.41, 5.74) is 5.97. The average Bonchev–Trinajstić information content (AvgIpc) is 3.47. The van der Waals surface area contributed by atoms with Crippen LogP contribution in [0.15, 0.2) is 60.9 Å². The number of nitrogens with one attached hydrogen (secondary N) is 2. The number of H-pyrrole nitrogens is 2. The van der Waals surface area contributed by atoms with Crippen molar-refractivity contribution in [2.45, 2.75) is 0 Å². The number of aromatic nitrogens is 5. The molecule has 0 bridgehead atoms. The monoisotopic (exact) mass is 433 g/mol.